The number of likely N-dealkylation sites (tertiary alicyclic amines) is 1. The van der Waals surface area contributed by atoms with Gasteiger partial charge in [-0.05, 0) is 51.3 Å². The minimum Gasteiger partial charge on any atom is -0.395 e. The molecule has 28 heavy (non-hydrogen) atoms. The van der Waals surface area contributed by atoms with Crippen LogP contribution in [0.2, 0.25) is 0 Å². The average molecular weight is 410 g/mol. The zero-order valence-corrected chi connectivity index (χ0v) is 17.8. The zero-order chi connectivity index (χ0) is 20.0. The van der Waals surface area contributed by atoms with Crippen molar-refractivity contribution in [1.82, 2.24) is 14.5 Å². The molecular formula is C21H35N3O3S. The largest absolute Gasteiger partial charge is 0.395 e. The number of nitrogens with one attached hydrogen (secondary N) is 1. The fraction of sp³-hybridized carbons (Fsp3) is 0.714. The Morgan fingerprint density at radius 1 is 1.04 bits per heavy atom. The quantitative estimate of drug-likeness (QED) is 0.643. The minimum absolute atomic E-state index is 0.0403. The van der Waals surface area contributed by atoms with E-state index < -0.39 is 10.0 Å². The number of hydrogen-bond acceptors (Lipinski definition) is 5. The third-order valence-electron chi connectivity index (χ3n) is 6.06. The second kappa shape index (κ2) is 10.2. The summed E-state index contributed by atoms with van der Waals surface area (Å²) in [6, 6.07) is 7.68. The zero-order valence-electron chi connectivity index (χ0n) is 17.0. The summed E-state index contributed by atoms with van der Waals surface area (Å²) in [6.07, 6.45) is 6.48. The maximum Gasteiger partial charge on any atom is 0.243 e. The highest BCUT2D eigenvalue weighted by Crippen LogP contribution is 2.28. The highest BCUT2D eigenvalue weighted by Gasteiger charge is 2.36. The Morgan fingerprint density at radius 2 is 1.71 bits per heavy atom. The number of nitrogens with zero attached hydrogens (tertiary/aromatic N) is 2. The molecule has 2 heterocycles. The first-order valence-corrected chi connectivity index (χ1v) is 12.1. The van der Waals surface area contributed by atoms with E-state index in [9.17, 15) is 8.42 Å². The second-order valence-electron chi connectivity index (χ2n) is 8.15. The molecule has 0 saturated carbocycles. The first kappa shape index (κ1) is 21.7. The van der Waals surface area contributed by atoms with Crippen LogP contribution in [0.25, 0.3) is 0 Å². The Morgan fingerprint density at radius 3 is 2.43 bits per heavy atom. The third kappa shape index (κ3) is 5.33. The van der Waals surface area contributed by atoms with Crippen LogP contribution >= 0.6 is 0 Å². The molecule has 0 aromatic heterocycles. The van der Waals surface area contributed by atoms with Gasteiger partial charge in [-0.2, -0.15) is 4.31 Å². The molecule has 2 aliphatic rings. The van der Waals surface area contributed by atoms with E-state index in [1.54, 1.807) is 16.4 Å². The summed E-state index contributed by atoms with van der Waals surface area (Å²) >= 11 is 0. The lowest BCUT2D eigenvalue weighted by Gasteiger charge is -2.42. The van der Waals surface area contributed by atoms with Gasteiger partial charge in [0.1, 0.15) is 0 Å². The van der Waals surface area contributed by atoms with Gasteiger partial charge in [0.25, 0.3) is 0 Å². The Hall–Kier alpha value is -0.990. The summed E-state index contributed by atoms with van der Waals surface area (Å²) in [5, 5.41) is 12.3. The van der Waals surface area contributed by atoms with Crippen molar-refractivity contribution in [2.24, 2.45) is 0 Å². The summed E-state index contributed by atoms with van der Waals surface area (Å²) in [4.78, 5) is 2.88. The molecule has 2 aliphatic heterocycles. The van der Waals surface area contributed by atoms with Crippen molar-refractivity contribution in [2.75, 3.05) is 39.3 Å². The third-order valence-corrected chi connectivity index (χ3v) is 8.03. The van der Waals surface area contributed by atoms with Crippen molar-refractivity contribution in [1.29, 1.82) is 0 Å². The lowest BCUT2D eigenvalue weighted by molar-refractivity contribution is 0.100. The van der Waals surface area contributed by atoms with Crippen molar-refractivity contribution in [3.8, 4) is 0 Å². The molecule has 3 rings (SSSR count). The van der Waals surface area contributed by atoms with Crippen LogP contribution in [-0.4, -0.2) is 74.1 Å². The number of benzene rings is 1. The van der Waals surface area contributed by atoms with Gasteiger partial charge in [-0.25, -0.2) is 8.42 Å². The minimum atomic E-state index is -3.46. The summed E-state index contributed by atoms with van der Waals surface area (Å²) in [5.74, 6) is 0. The number of aliphatic hydroxyl groups excluding tert-OH is 1. The van der Waals surface area contributed by atoms with Crippen LogP contribution in [0, 0.1) is 6.92 Å². The Labute approximate surface area is 170 Å². The van der Waals surface area contributed by atoms with Gasteiger partial charge in [0.2, 0.25) is 10.0 Å². The molecule has 2 fully saturated rings. The van der Waals surface area contributed by atoms with Gasteiger partial charge in [0.05, 0.1) is 11.5 Å². The topological polar surface area (TPSA) is 72.9 Å². The number of piperidine rings is 2. The van der Waals surface area contributed by atoms with E-state index in [1.165, 1.54) is 12.8 Å². The van der Waals surface area contributed by atoms with E-state index in [2.05, 4.69) is 10.2 Å². The Balaban J connectivity index is 1.72. The van der Waals surface area contributed by atoms with Gasteiger partial charge in [-0.1, -0.05) is 30.5 Å². The molecule has 0 amide bonds. The first-order valence-electron chi connectivity index (χ1n) is 10.7. The maximum atomic E-state index is 13.3. The van der Waals surface area contributed by atoms with Crippen molar-refractivity contribution in [3.05, 3.63) is 29.8 Å². The lowest BCUT2D eigenvalue weighted by Crippen LogP contribution is -2.54. The van der Waals surface area contributed by atoms with Crippen LogP contribution in [0.4, 0.5) is 0 Å². The molecule has 2 atom stereocenters. The number of rotatable bonds is 8. The maximum absolute atomic E-state index is 13.3. The molecule has 2 unspecified atom stereocenters. The van der Waals surface area contributed by atoms with Gasteiger partial charge in [0, 0.05) is 38.3 Å². The highest BCUT2D eigenvalue weighted by atomic mass is 32.2. The molecule has 1 aromatic carbocycles. The molecule has 7 heteroatoms. The Kier molecular flexibility index (Phi) is 7.88. The van der Waals surface area contributed by atoms with E-state index >= 15 is 0 Å². The van der Waals surface area contributed by atoms with Crippen molar-refractivity contribution >= 4 is 10.0 Å². The smallest absolute Gasteiger partial charge is 0.243 e. The van der Waals surface area contributed by atoms with Gasteiger partial charge in [-0.15, -0.1) is 0 Å². The molecule has 0 spiro atoms. The van der Waals surface area contributed by atoms with Gasteiger partial charge in [0.15, 0.2) is 0 Å². The summed E-state index contributed by atoms with van der Waals surface area (Å²) in [6.45, 7) is 6.04. The average Bonchev–Trinajstić information content (AvgIpc) is 2.70. The fourth-order valence-corrected chi connectivity index (χ4v) is 6.15. The molecule has 0 bridgehead atoms. The molecule has 158 valence electrons. The van der Waals surface area contributed by atoms with E-state index in [1.807, 2.05) is 19.1 Å². The van der Waals surface area contributed by atoms with Gasteiger partial charge in [-0.3, -0.25) is 4.90 Å². The van der Waals surface area contributed by atoms with Crippen LogP contribution in [-0.2, 0) is 10.0 Å². The monoisotopic (exact) mass is 409 g/mol. The SMILES string of the molecule is Cc1ccc(S(=O)(=O)N2CCCCC2CN2CCCCC2CNCCO)cc1. The highest BCUT2D eigenvalue weighted by molar-refractivity contribution is 7.89. The summed E-state index contributed by atoms with van der Waals surface area (Å²) in [7, 11) is -3.46. The van der Waals surface area contributed by atoms with Crippen LogP contribution in [0.3, 0.4) is 0 Å². The number of aliphatic hydroxyl groups is 1. The van der Waals surface area contributed by atoms with Crippen LogP contribution in [0.1, 0.15) is 44.1 Å². The predicted molar refractivity (Wildman–Crippen MR) is 112 cm³/mol. The number of hydrogen-bond donors (Lipinski definition) is 2. The lowest BCUT2D eigenvalue weighted by atomic mass is 9.98. The van der Waals surface area contributed by atoms with E-state index in [4.69, 9.17) is 5.11 Å². The normalized spacial score (nSPS) is 25.1. The summed E-state index contributed by atoms with van der Waals surface area (Å²) in [5.41, 5.74) is 1.07. The molecule has 0 radical (unpaired) electrons. The van der Waals surface area contributed by atoms with E-state index in [-0.39, 0.29) is 12.6 Å². The van der Waals surface area contributed by atoms with Crippen LogP contribution in [0.15, 0.2) is 29.2 Å². The molecule has 1 aromatic rings. The van der Waals surface area contributed by atoms with E-state index in [0.29, 0.717) is 24.0 Å². The van der Waals surface area contributed by atoms with Crippen molar-refractivity contribution in [2.45, 2.75) is 62.4 Å². The van der Waals surface area contributed by atoms with Gasteiger partial charge < -0.3 is 10.4 Å². The molecule has 2 N–H and O–H groups in total. The van der Waals surface area contributed by atoms with Crippen LogP contribution < -0.4 is 5.32 Å². The number of aryl methyl sites for hydroxylation is 1. The summed E-state index contributed by atoms with van der Waals surface area (Å²) < 4.78 is 28.4. The standard InChI is InChI=1S/C21H35N3O3S/c1-18-8-10-21(11-9-18)28(26,27)24-14-5-3-7-20(24)17-23-13-4-2-6-19(23)16-22-12-15-25/h8-11,19-20,22,25H,2-7,12-17H2,1H3. The first-order chi connectivity index (χ1) is 13.5. The molecular weight excluding hydrogens is 374 g/mol. The molecule has 6 nitrogen and oxygen atoms in total. The second-order valence-corrected chi connectivity index (χ2v) is 10.0. The Bertz CT molecular complexity index is 708. The van der Waals surface area contributed by atoms with Gasteiger partial charge >= 0.3 is 0 Å². The molecule has 0 aliphatic carbocycles. The van der Waals surface area contributed by atoms with E-state index in [0.717, 1.165) is 50.9 Å². The van der Waals surface area contributed by atoms with Crippen LogP contribution in [0.5, 0.6) is 0 Å². The molecule has 2 saturated heterocycles. The van der Waals surface area contributed by atoms with Crippen molar-refractivity contribution < 1.29 is 13.5 Å². The number of sulfonamides is 1. The predicted octanol–water partition coefficient (Wildman–Crippen LogP) is 1.97. The van der Waals surface area contributed by atoms with Crippen molar-refractivity contribution in [3.63, 3.8) is 0 Å². The fourth-order valence-electron chi connectivity index (χ4n) is 4.47.